The third-order valence-corrected chi connectivity index (χ3v) is 2.56. The number of carbonyl (C=O) groups excluding carboxylic acids is 1. The monoisotopic (exact) mass is 263 g/mol. The maximum atomic E-state index is 12.8. The summed E-state index contributed by atoms with van der Waals surface area (Å²) in [5, 5.41) is 4.20. The summed E-state index contributed by atoms with van der Waals surface area (Å²) in [5.41, 5.74) is 0.701. The van der Waals surface area contributed by atoms with E-state index in [2.05, 4.69) is 10.1 Å². The van der Waals surface area contributed by atoms with Crippen LogP contribution < -0.4 is 0 Å². The Kier molecular flexibility index (Phi) is 3.89. The molecule has 1 aromatic carbocycles. The lowest BCUT2D eigenvalue weighted by Gasteiger charge is -1.99. The van der Waals surface area contributed by atoms with E-state index in [1.54, 1.807) is 26.1 Å². The summed E-state index contributed by atoms with van der Waals surface area (Å²) in [6.45, 7) is 2.08. The summed E-state index contributed by atoms with van der Waals surface area (Å²) >= 11 is 0. The van der Waals surface area contributed by atoms with Crippen LogP contribution >= 0.6 is 0 Å². The molecule has 0 aliphatic carbocycles. The van der Waals surface area contributed by atoms with Crippen LogP contribution in [0.2, 0.25) is 0 Å². The molecule has 0 saturated carbocycles. The average molecular weight is 263 g/mol. The minimum atomic E-state index is -0.344. The first-order valence-corrected chi connectivity index (χ1v) is 5.91. The van der Waals surface area contributed by atoms with E-state index in [9.17, 15) is 9.18 Å². The molecule has 6 heteroatoms. The molecule has 0 N–H and O–H groups in total. The fraction of sp³-hybridized carbons (Fsp3) is 0.308. The van der Waals surface area contributed by atoms with Crippen LogP contribution in [0, 0.1) is 5.82 Å². The van der Waals surface area contributed by atoms with Gasteiger partial charge in [0, 0.05) is 12.6 Å². The summed E-state index contributed by atoms with van der Waals surface area (Å²) in [4.78, 5) is 15.7. The molecule has 0 spiro atoms. The standard InChI is InChI=1S/C13H14FN3O2/c1-3-19-12(18)8-11-15-13(16-17(11)2)9-4-6-10(14)7-5-9/h4-7H,3,8H2,1-2H3. The van der Waals surface area contributed by atoms with Crippen LogP contribution in [0.4, 0.5) is 4.39 Å². The molecule has 0 atom stereocenters. The maximum absolute atomic E-state index is 12.8. The number of aromatic nitrogens is 3. The van der Waals surface area contributed by atoms with Crippen molar-refractivity contribution in [1.82, 2.24) is 14.8 Å². The fourth-order valence-corrected chi connectivity index (χ4v) is 1.63. The van der Waals surface area contributed by atoms with E-state index in [0.29, 0.717) is 23.8 Å². The number of aryl methyl sites for hydroxylation is 1. The quantitative estimate of drug-likeness (QED) is 0.788. The molecule has 0 unspecified atom stereocenters. The Labute approximate surface area is 110 Å². The lowest BCUT2D eigenvalue weighted by molar-refractivity contribution is -0.142. The molecule has 1 heterocycles. The molecule has 100 valence electrons. The maximum Gasteiger partial charge on any atom is 0.313 e. The van der Waals surface area contributed by atoms with Gasteiger partial charge in [0.05, 0.1) is 6.61 Å². The molecular formula is C13H14FN3O2. The first-order valence-electron chi connectivity index (χ1n) is 5.91. The number of hydrogen-bond donors (Lipinski definition) is 0. The Bertz CT molecular complexity index is 578. The number of nitrogens with zero attached hydrogens (tertiary/aromatic N) is 3. The Morgan fingerprint density at radius 2 is 2.05 bits per heavy atom. The van der Waals surface area contributed by atoms with E-state index in [0.717, 1.165) is 0 Å². The van der Waals surface area contributed by atoms with Crippen molar-refractivity contribution in [3.8, 4) is 11.4 Å². The first-order chi connectivity index (χ1) is 9.10. The van der Waals surface area contributed by atoms with Crippen molar-refractivity contribution in [2.24, 2.45) is 7.05 Å². The van der Waals surface area contributed by atoms with Gasteiger partial charge in [-0.1, -0.05) is 0 Å². The van der Waals surface area contributed by atoms with Crippen LogP contribution in [0.1, 0.15) is 12.7 Å². The molecule has 19 heavy (non-hydrogen) atoms. The van der Waals surface area contributed by atoms with E-state index in [-0.39, 0.29) is 18.2 Å². The van der Waals surface area contributed by atoms with E-state index >= 15 is 0 Å². The van der Waals surface area contributed by atoms with Crippen molar-refractivity contribution in [1.29, 1.82) is 0 Å². The van der Waals surface area contributed by atoms with Gasteiger partial charge in [-0.15, -0.1) is 0 Å². The third-order valence-electron chi connectivity index (χ3n) is 2.56. The highest BCUT2D eigenvalue weighted by atomic mass is 19.1. The number of rotatable bonds is 4. The molecule has 0 radical (unpaired) electrons. The van der Waals surface area contributed by atoms with Crippen LogP contribution in [0.25, 0.3) is 11.4 Å². The van der Waals surface area contributed by atoms with Gasteiger partial charge >= 0.3 is 5.97 Å². The second-order valence-corrected chi connectivity index (χ2v) is 3.96. The summed E-state index contributed by atoms with van der Waals surface area (Å²) in [6, 6.07) is 5.88. The topological polar surface area (TPSA) is 57.0 Å². The molecule has 2 rings (SSSR count). The van der Waals surface area contributed by atoms with Gasteiger partial charge in [-0.05, 0) is 31.2 Å². The molecule has 0 amide bonds. The Morgan fingerprint density at radius 3 is 2.68 bits per heavy atom. The minimum absolute atomic E-state index is 0.0680. The van der Waals surface area contributed by atoms with Gasteiger partial charge in [0.15, 0.2) is 5.82 Å². The number of carbonyl (C=O) groups is 1. The molecule has 5 nitrogen and oxygen atoms in total. The molecule has 0 bridgehead atoms. The van der Waals surface area contributed by atoms with Crippen LogP contribution in [-0.4, -0.2) is 27.3 Å². The molecule has 1 aromatic heterocycles. The molecule has 0 aliphatic rings. The molecular weight excluding hydrogens is 249 g/mol. The average Bonchev–Trinajstić information content (AvgIpc) is 2.72. The van der Waals surface area contributed by atoms with Crippen molar-refractivity contribution in [2.45, 2.75) is 13.3 Å². The second-order valence-electron chi connectivity index (χ2n) is 3.96. The fourth-order valence-electron chi connectivity index (χ4n) is 1.63. The van der Waals surface area contributed by atoms with Crippen LogP contribution in [-0.2, 0) is 23.0 Å². The van der Waals surface area contributed by atoms with Gasteiger partial charge in [0.2, 0.25) is 0 Å². The number of ether oxygens (including phenoxy) is 1. The summed E-state index contributed by atoms with van der Waals surface area (Å²) < 4.78 is 19.2. The summed E-state index contributed by atoms with van der Waals surface area (Å²) in [7, 11) is 1.70. The molecule has 0 fully saturated rings. The lowest BCUT2D eigenvalue weighted by atomic mass is 10.2. The summed E-state index contributed by atoms with van der Waals surface area (Å²) in [5.74, 6) is 0.314. The predicted molar refractivity (Wildman–Crippen MR) is 66.7 cm³/mol. The number of benzene rings is 1. The first kappa shape index (κ1) is 13.2. The van der Waals surface area contributed by atoms with Gasteiger partial charge in [-0.25, -0.2) is 9.37 Å². The van der Waals surface area contributed by atoms with Crippen molar-refractivity contribution in [2.75, 3.05) is 6.61 Å². The Hall–Kier alpha value is -2.24. The summed E-state index contributed by atoms with van der Waals surface area (Å²) in [6.07, 6.45) is 0.0680. The molecule has 0 aliphatic heterocycles. The van der Waals surface area contributed by atoms with Crippen LogP contribution in [0.15, 0.2) is 24.3 Å². The number of halogens is 1. The third kappa shape index (κ3) is 3.15. The van der Waals surface area contributed by atoms with Gasteiger partial charge in [0.1, 0.15) is 18.1 Å². The predicted octanol–water partition coefficient (Wildman–Crippen LogP) is 1.73. The highest BCUT2D eigenvalue weighted by molar-refractivity contribution is 5.71. The Balaban J connectivity index is 2.21. The SMILES string of the molecule is CCOC(=O)Cc1nc(-c2ccc(F)cc2)nn1C. The van der Waals surface area contributed by atoms with Crippen LogP contribution in [0.5, 0.6) is 0 Å². The highest BCUT2D eigenvalue weighted by Gasteiger charge is 2.13. The van der Waals surface area contributed by atoms with Crippen molar-refractivity contribution in [3.05, 3.63) is 35.9 Å². The van der Waals surface area contributed by atoms with E-state index < -0.39 is 0 Å². The van der Waals surface area contributed by atoms with Crippen LogP contribution in [0.3, 0.4) is 0 Å². The smallest absolute Gasteiger partial charge is 0.313 e. The molecule has 0 saturated heterocycles. The zero-order valence-electron chi connectivity index (χ0n) is 10.8. The van der Waals surface area contributed by atoms with Gasteiger partial charge in [-0.2, -0.15) is 5.10 Å². The zero-order chi connectivity index (χ0) is 13.8. The normalized spacial score (nSPS) is 10.5. The Morgan fingerprint density at radius 1 is 1.37 bits per heavy atom. The zero-order valence-corrected chi connectivity index (χ0v) is 10.8. The second kappa shape index (κ2) is 5.60. The van der Waals surface area contributed by atoms with Gasteiger partial charge < -0.3 is 4.74 Å². The van der Waals surface area contributed by atoms with Crippen molar-refractivity contribution >= 4 is 5.97 Å². The molecule has 2 aromatic rings. The number of esters is 1. The van der Waals surface area contributed by atoms with E-state index in [1.165, 1.54) is 16.8 Å². The highest BCUT2D eigenvalue weighted by Crippen LogP contribution is 2.16. The van der Waals surface area contributed by atoms with Gasteiger partial charge in [0.25, 0.3) is 0 Å². The minimum Gasteiger partial charge on any atom is -0.466 e. The lowest BCUT2D eigenvalue weighted by Crippen LogP contribution is -2.11. The van der Waals surface area contributed by atoms with Crippen molar-refractivity contribution in [3.63, 3.8) is 0 Å². The van der Waals surface area contributed by atoms with Crippen molar-refractivity contribution < 1.29 is 13.9 Å². The number of hydrogen-bond acceptors (Lipinski definition) is 4. The van der Waals surface area contributed by atoms with E-state index in [4.69, 9.17) is 4.74 Å². The largest absolute Gasteiger partial charge is 0.466 e. The van der Waals surface area contributed by atoms with E-state index in [1.807, 2.05) is 0 Å². The van der Waals surface area contributed by atoms with Gasteiger partial charge in [-0.3, -0.25) is 9.48 Å².